The number of likely N-dealkylation sites (tertiary alicyclic amines) is 1. The summed E-state index contributed by atoms with van der Waals surface area (Å²) in [5.41, 5.74) is 1.61. The fourth-order valence-corrected chi connectivity index (χ4v) is 4.51. The maximum atomic E-state index is 12.9. The van der Waals surface area contributed by atoms with Crippen molar-refractivity contribution in [1.29, 1.82) is 0 Å². The van der Waals surface area contributed by atoms with Gasteiger partial charge in [0.05, 0.1) is 5.56 Å². The Bertz CT molecular complexity index is 1100. The van der Waals surface area contributed by atoms with E-state index in [1.807, 2.05) is 36.4 Å². The highest BCUT2D eigenvalue weighted by Gasteiger charge is 2.30. The third kappa shape index (κ3) is 4.73. The van der Waals surface area contributed by atoms with Crippen molar-refractivity contribution in [3.8, 4) is 11.1 Å². The Morgan fingerprint density at radius 3 is 2.44 bits per heavy atom. The smallest absolute Gasteiger partial charge is 0.303 e. The Balaban J connectivity index is 1.48. The lowest BCUT2D eigenvalue weighted by Gasteiger charge is -2.42. The maximum absolute atomic E-state index is 12.9. The molecule has 1 fully saturated rings. The van der Waals surface area contributed by atoms with Gasteiger partial charge in [0.2, 0.25) is 0 Å². The van der Waals surface area contributed by atoms with Gasteiger partial charge in [-0.05, 0) is 64.9 Å². The predicted octanol–water partition coefficient (Wildman–Crippen LogP) is 7.08. The van der Waals surface area contributed by atoms with Crippen LogP contribution in [-0.4, -0.2) is 30.3 Å². The quantitative estimate of drug-likeness (QED) is 0.367. The lowest BCUT2D eigenvalue weighted by atomic mass is 9.83. The molecule has 1 atom stereocenters. The van der Waals surface area contributed by atoms with Crippen molar-refractivity contribution in [2.45, 2.75) is 32.9 Å². The molecule has 0 unspecified atom stereocenters. The molecule has 0 spiro atoms. The number of carbonyl (C=O) groups is 1. The molecule has 3 aromatic rings. The number of fused-ring (bicyclic) bond motifs is 1. The Hall–Kier alpha value is -2.66. The number of alkyl halides is 3. The van der Waals surface area contributed by atoms with E-state index in [2.05, 4.69) is 18.7 Å². The van der Waals surface area contributed by atoms with Crippen LogP contribution in [0.4, 0.5) is 13.2 Å². The van der Waals surface area contributed by atoms with Crippen molar-refractivity contribution in [3.63, 3.8) is 0 Å². The summed E-state index contributed by atoms with van der Waals surface area (Å²) in [5.74, 6) is 1.37. The van der Waals surface area contributed by atoms with Crippen molar-refractivity contribution in [2.24, 2.45) is 11.8 Å². The minimum absolute atomic E-state index is 0.144. The standard InChI is InChI=1S/C27H28F3NO/c1-3-31-16-22(17-31)18(2)7-14-26(32)21-10-13-25-20(15-21)5-4-6-24(25)19-8-11-23(12-9-19)27(28,29)30/h4-6,8-13,15,18,22H,3,7,14,16-17H2,1-2H3/t18-/m0/s1. The first-order valence-corrected chi connectivity index (χ1v) is 11.2. The monoisotopic (exact) mass is 439 g/mol. The minimum atomic E-state index is -4.35. The van der Waals surface area contributed by atoms with Crippen molar-refractivity contribution in [3.05, 3.63) is 71.8 Å². The van der Waals surface area contributed by atoms with Crippen LogP contribution in [0.1, 0.15) is 42.6 Å². The predicted molar refractivity (Wildman–Crippen MR) is 123 cm³/mol. The molecule has 5 heteroatoms. The summed E-state index contributed by atoms with van der Waals surface area (Å²) in [6, 6.07) is 16.6. The van der Waals surface area contributed by atoms with Crippen LogP contribution < -0.4 is 0 Å². The molecule has 1 heterocycles. The van der Waals surface area contributed by atoms with Gasteiger partial charge in [-0.1, -0.05) is 56.3 Å². The van der Waals surface area contributed by atoms with E-state index >= 15 is 0 Å². The number of benzene rings is 3. The molecule has 32 heavy (non-hydrogen) atoms. The van der Waals surface area contributed by atoms with Gasteiger partial charge in [-0.2, -0.15) is 13.2 Å². The van der Waals surface area contributed by atoms with Crippen molar-refractivity contribution in [2.75, 3.05) is 19.6 Å². The summed E-state index contributed by atoms with van der Waals surface area (Å²) >= 11 is 0. The van der Waals surface area contributed by atoms with Gasteiger partial charge >= 0.3 is 6.18 Å². The molecule has 0 bridgehead atoms. The third-order valence-electron chi connectivity index (χ3n) is 6.79. The molecule has 1 aliphatic rings. The average molecular weight is 440 g/mol. The molecular formula is C27H28F3NO. The fraction of sp³-hybridized carbons (Fsp3) is 0.370. The first-order valence-electron chi connectivity index (χ1n) is 11.2. The summed E-state index contributed by atoms with van der Waals surface area (Å²) in [6.07, 6.45) is -2.92. The Kier molecular flexibility index (Phi) is 6.38. The van der Waals surface area contributed by atoms with E-state index in [1.165, 1.54) is 12.1 Å². The zero-order valence-corrected chi connectivity index (χ0v) is 18.5. The van der Waals surface area contributed by atoms with Crippen LogP contribution in [0.5, 0.6) is 0 Å². The van der Waals surface area contributed by atoms with Gasteiger partial charge in [0.1, 0.15) is 0 Å². The summed E-state index contributed by atoms with van der Waals surface area (Å²) in [7, 11) is 0. The Morgan fingerprint density at radius 2 is 1.78 bits per heavy atom. The van der Waals surface area contributed by atoms with Crippen LogP contribution in [0, 0.1) is 11.8 Å². The first kappa shape index (κ1) is 22.5. The van der Waals surface area contributed by atoms with E-state index in [0.717, 1.165) is 60.1 Å². The summed E-state index contributed by atoms with van der Waals surface area (Å²) < 4.78 is 38.6. The van der Waals surface area contributed by atoms with E-state index in [4.69, 9.17) is 0 Å². The van der Waals surface area contributed by atoms with Gasteiger partial charge in [0.15, 0.2) is 5.78 Å². The number of ketones is 1. The molecular weight excluding hydrogens is 411 g/mol. The van der Waals surface area contributed by atoms with Crippen LogP contribution in [0.3, 0.4) is 0 Å². The minimum Gasteiger partial charge on any atom is -0.303 e. The second kappa shape index (κ2) is 9.07. The highest BCUT2D eigenvalue weighted by atomic mass is 19.4. The molecule has 2 nitrogen and oxygen atoms in total. The van der Waals surface area contributed by atoms with E-state index < -0.39 is 11.7 Å². The average Bonchev–Trinajstić information content (AvgIpc) is 2.75. The normalized spacial score (nSPS) is 16.2. The third-order valence-corrected chi connectivity index (χ3v) is 6.79. The molecule has 168 valence electrons. The largest absolute Gasteiger partial charge is 0.416 e. The lowest BCUT2D eigenvalue weighted by Crippen LogP contribution is -2.49. The van der Waals surface area contributed by atoms with E-state index in [-0.39, 0.29) is 5.78 Å². The zero-order valence-electron chi connectivity index (χ0n) is 18.5. The SMILES string of the molecule is CCN1CC([C@@H](C)CCC(=O)c2ccc3c(-c4ccc(C(F)(F)F)cc4)cccc3c2)C1. The summed E-state index contributed by atoms with van der Waals surface area (Å²) in [6.45, 7) is 7.77. The van der Waals surface area contributed by atoms with Crippen LogP contribution in [-0.2, 0) is 6.18 Å². The molecule has 4 rings (SSSR count). The number of hydrogen-bond donors (Lipinski definition) is 0. The fourth-order valence-electron chi connectivity index (χ4n) is 4.51. The van der Waals surface area contributed by atoms with Crippen LogP contribution in [0.2, 0.25) is 0 Å². The molecule has 1 aliphatic heterocycles. The second-order valence-electron chi connectivity index (χ2n) is 8.87. The maximum Gasteiger partial charge on any atom is 0.416 e. The molecule has 0 saturated carbocycles. The zero-order chi connectivity index (χ0) is 22.9. The Labute approximate surface area is 187 Å². The van der Waals surface area contributed by atoms with E-state index in [1.54, 1.807) is 0 Å². The molecule has 3 aromatic carbocycles. The number of rotatable bonds is 7. The molecule has 0 N–H and O–H groups in total. The van der Waals surface area contributed by atoms with Crippen molar-refractivity contribution >= 4 is 16.6 Å². The van der Waals surface area contributed by atoms with Crippen LogP contribution in [0.15, 0.2) is 60.7 Å². The molecule has 1 saturated heterocycles. The lowest BCUT2D eigenvalue weighted by molar-refractivity contribution is -0.137. The van der Waals surface area contributed by atoms with Crippen molar-refractivity contribution < 1.29 is 18.0 Å². The van der Waals surface area contributed by atoms with Gasteiger partial charge in [0, 0.05) is 25.1 Å². The van der Waals surface area contributed by atoms with Gasteiger partial charge in [-0.3, -0.25) is 4.79 Å². The van der Waals surface area contributed by atoms with Gasteiger partial charge < -0.3 is 4.90 Å². The van der Waals surface area contributed by atoms with Crippen molar-refractivity contribution in [1.82, 2.24) is 4.90 Å². The van der Waals surface area contributed by atoms with Gasteiger partial charge in [-0.25, -0.2) is 0 Å². The number of nitrogens with zero attached hydrogens (tertiary/aromatic N) is 1. The Morgan fingerprint density at radius 1 is 1.06 bits per heavy atom. The highest BCUT2D eigenvalue weighted by Crippen LogP contribution is 2.34. The number of Topliss-reactive ketones (excluding diaryl/α,β-unsaturated/α-hetero) is 1. The van der Waals surface area contributed by atoms with E-state index in [9.17, 15) is 18.0 Å². The number of hydrogen-bond acceptors (Lipinski definition) is 2. The van der Waals surface area contributed by atoms with Gasteiger partial charge in [0.25, 0.3) is 0 Å². The molecule has 0 aliphatic carbocycles. The highest BCUT2D eigenvalue weighted by molar-refractivity contribution is 6.03. The van der Waals surface area contributed by atoms with E-state index in [0.29, 0.717) is 23.8 Å². The summed E-state index contributed by atoms with van der Waals surface area (Å²) in [5, 5.41) is 1.84. The van der Waals surface area contributed by atoms with Crippen LogP contribution >= 0.6 is 0 Å². The first-order chi connectivity index (χ1) is 15.3. The van der Waals surface area contributed by atoms with Gasteiger partial charge in [-0.15, -0.1) is 0 Å². The second-order valence-corrected chi connectivity index (χ2v) is 8.87. The van der Waals surface area contributed by atoms with Crippen LogP contribution in [0.25, 0.3) is 21.9 Å². The number of carbonyl (C=O) groups excluding carboxylic acids is 1. The molecule has 0 amide bonds. The number of halogens is 3. The molecule has 0 radical (unpaired) electrons. The molecule has 0 aromatic heterocycles. The summed E-state index contributed by atoms with van der Waals surface area (Å²) in [4.78, 5) is 15.2. The topological polar surface area (TPSA) is 20.3 Å².